The predicted octanol–water partition coefficient (Wildman–Crippen LogP) is -0.873. The Morgan fingerprint density at radius 1 is 1.47 bits per heavy atom. The average Bonchev–Trinajstić information content (AvgIpc) is 2.69. The Morgan fingerprint density at radius 2 is 2.24 bits per heavy atom. The van der Waals surface area contributed by atoms with Gasteiger partial charge in [-0.2, -0.15) is 15.0 Å². The van der Waals surface area contributed by atoms with Crippen LogP contribution in [0.2, 0.25) is 0 Å². The number of aromatic nitrogens is 3. The van der Waals surface area contributed by atoms with Crippen LogP contribution in [-0.4, -0.2) is 45.9 Å². The van der Waals surface area contributed by atoms with Crippen LogP contribution in [0.1, 0.15) is 13.3 Å². The number of nitrogens with two attached hydrogens (primary N) is 1. The van der Waals surface area contributed by atoms with Crippen molar-refractivity contribution >= 4 is 11.9 Å². The lowest BCUT2D eigenvalue weighted by Gasteiger charge is -2.19. The van der Waals surface area contributed by atoms with Crippen molar-refractivity contribution in [2.45, 2.75) is 18.9 Å². The highest BCUT2D eigenvalue weighted by Crippen LogP contribution is 2.25. The van der Waals surface area contributed by atoms with E-state index in [1.165, 1.54) is 7.11 Å². The number of nitrogen functional groups attached to an aromatic ring is 1. The minimum absolute atomic E-state index is 0.189. The van der Waals surface area contributed by atoms with Gasteiger partial charge >= 0.3 is 6.01 Å². The second-order valence-corrected chi connectivity index (χ2v) is 4.26. The summed E-state index contributed by atoms with van der Waals surface area (Å²) in [5.74, 6) is 5.95. The summed E-state index contributed by atoms with van der Waals surface area (Å²) in [7, 11) is 1.47. The van der Waals surface area contributed by atoms with E-state index in [-0.39, 0.29) is 12.0 Å². The van der Waals surface area contributed by atoms with Gasteiger partial charge in [0, 0.05) is 13.1 Å². The van der Waals surface area contributed by atoms with Crippen LogP contribution in [0.15, 0.2) is 0 Å². The molecule has 1 saturated heterocycles. The van der Waals surface area contributed by atoms with E-state index in [9.17, 15) is 5.11 Å². The topological polar surface area (TPSA) is 109 Å². The van der Waals surface area contributed by atoms with E-state index in [0.29, 0.717) is 25.5 Å². The quantitative estimate of drug-likeness (QED) is 0.462. The molecule has 1 unspecified atom stereocenters. The Hall–Kier alpha value is -1.67. The Bertz CT molecular complexity index is 388. The Labute approximate surface area is 98.8 Å². The number of rotatable bonds is 3. The number of aliphatic hydroxyl groups is 1. The van der Waals surface area contributed by atoms with Crippen molar-refractivity contribution in [1.82, 2.24) is 15.0 Å². The lowest BCUT2D eigenvalue weighted by molar-refractivity contribution is 0.0838. The Morgan fingerprint density at radius 3 is 2.76 bits per heavy atom. The second-order valence-electron chi connectivity index (χ2n) is 4.26. The molecule has 8 nitrogen and oxygen atoms in total. The van der Waals surface area contributed by atoms with Crippen LogP contribution in [0, 0.1) is 0 Å². The second kappa shape index (κ2) is 4.30. The maximum Gasteiger partial charge on any atom is 0.322 e. The third-order valence-corrected chi connectivity index (χ3v) is 2.65. The number of hydrogen-bond acceptors (Lipinski definition) is 8. The molecule has 0 radical (unpaired) electrons. The SMILES string of the molecule is COc1nc(NN)nc(N2CCC(C)(O)C2)n1. The molecule has 0 saturated carbocycles. The summed E-state index contributed by atoms with van der Waals surface area (Å²) < 4.78 is 4.96. The predicted molar refractivity (Wildman–Crippen MR) is 61.6 cm³/mol. The summed E-state index contributed by atoms with van der Waals surface area (Å²) in [6, 6.07) is 0.189. The molecule has 17 heavy (non-hydrogen) atoms. The first-order valence-electron chi connectivity index (χ1n) is 5.28. The van der Waals surface area contributed by atoms with Gasteiger partial charge in [-0.05, 0) is 13.3 Å². The molecule has 2 heterocycles. The number of β-amino-alcohol motifs (C(OH)–C–C–N with tert-alkyl or cyclic N) is 1. The smallest absolute Gasteiger partial charge is 0.322 e. The maximum absolute atomic E-state index is 9.89. The maximum atomic E-state index is 9.89. The first kappa shape index (κ1) is 11.8. The van der Waals surface area contributed by atoms with Gasteiger partial charge in [0.05, 0.1) is 12.7 Å². The van der Waals surface area contributed by atoms with E-state index in [0.717, 1.165) is 0 Å². The molecule has 8 heteroatoms. The van der Waals surface area contributed by atoms with Crippen LogP contribution in [0.25, 0.3) is 0 Å². The van der Waals surface area contributed by atoms with Gasteiger partial charge in [-0.3, -0.25) is 5.43 Å². The molecule has 1 aromatic rings. The van der Waals surface area contributed by atoms with Crippen molar-refractivity contribution in [3.05, 3.63) is 0 Å². The van der Waals surface area contributed by atoms with E-state index in [2.05, 4.69) is 20.4 Å². The van der Waals surface area contributed by atoms with E-state index in [1.807, 2.05) is 4.90 Å². The van der Waals surface area contributed by atoms with Crippen LogP contribution in [-0.2, 0) is 0 Å². The number of hydrazine groups is 1. The third-order valence-electron chi connectivity index (χ3n) is 2.65. The number of anilines is 2. The van der Waals surface area contributed by atoms with Gasteiger partial charge in [-0.15, -0.1) is 0 Å². The van der Waals surface area contributed by atoms with Crippen LogP contribution >= 0.6 is 0 Å². The van der Waals surface area contributed by atoms with Gasteiger partial charge in [-0.1, -0.05) is 0 Å². The standard InChI is InChI=1S/C9H16N6O2/c1-9(16)3-4-15(5-9)7-11-6(14-10)12-8(13-7)17-2/h16H,3-5,10H2,1-2H3,(H,11,12,13,14). The zero-order valence-corrected chi connectivity index (χ0v) is 9.84. The highest BCUT2D eigenvalue weighted by atomic mass is 16.5. The van der Waals surface area contributed by atoms with Crippen molar-refractivity contribution in [3.8, 4) is 6.01 Å². The molecule has 94 valence electrons. The van der Waals surface area contributed by atoms with Crippen molar-refractivity contribution in [2.24, 2.45) is 5.84 Å². The van der Waals surface area contributed by atoms with Gasteiger partial charge in [0.1, 0.15) is 0 Å². The van der Waals surface area contributed by atoms with Gasteiger partial charge in [0.25, 0.3) is 0 Å². The Kier molecular flexibility index (Phi) is 2.99. The fourth-order valence-corrected chi connectivity index (χ4v) is 1.76. The molecule has 4 N–H and O–H groups in total. The minimum atomic E-state index is -0.712. The largest absolute Gasteiger partial charge is 0.467 e. The zero-order valence-electron chi connectivity index (χ0n) is 9.84. The molecule has 2 rings (SSSR count). The Balaban J connectivity index is 2.26. The molecule has 1 atom stereocenters. The van der Waals surface area contributed by atoms with Crippen LogP contribution < -0.4 is 20.9 Å². The van der Waals surface area contributed by atoms with Gasteiger partial charge in [0.2, 0.25) is 11.9 Å². The van der Waals surface area contributed by atoms with Crippen molar-refractivity contribution in [2.75, 3.05) is 30.5 Å². The van der Waals surface area contributed by atoms with E-state index < -0.39 is 5.60 Å². The minimum Gasteiger partial charge on any atom is -0.467 e. The highest BCUT2D eigenvalue weighted by Gasteiger charge is 2.33. The van der Waals surface area contributed by atoms with Crippen molar-refractivity contribution < 1.29 is 9.84 Å². The fourth-order valence-electron chi connectivity index (χ4n) is 1.76. The van der Waals surface area contributed by atoms with Gasteiger partial charge in [-0.25, -0.2) is 5.84 Å². The zero-order chi connectivity index (χ0) is 12.5. The summed E-state index contributed by atoms with van der Waals surface area (Å²) in [4.78, 5) is 14.0. The summed E-state index contributed by atoms with van der Waals surface area (Å²) in [5.41, 5.74) is 1.64. The lowest BCUT2D eigenvalue weighted by atomic mass is 10.1. The van der Waals surface area contributed by atoms with E-state index in [4.69, 9.17) is 10.6 Å². The normalized spacial score (nSPS) is 23.9. The number of nitrogens with zero attached hydrogens (tertiary/aromatic N) is 4. The summed E-state index contributed by atoms with van der Waals surface area (Å²) >= 11 is 0. The lowest BCUT2D eigenvalue weighted by Crippen LogP contribution is -2.31. The molecular weight excluding hydrogens is 224 g/mol. The van der Waals surface area contributed by atoms with Crippen LogP contribution in [0.4, 0.5) is 11.9 Å². The molecule has 0 amide bonds. The van der Waals surface area contributed by atoms with Gasteiger partial charge < -0.3 is 14.7 Å². The molecule has 0 spiro atoms. The molecule has 1 aromatic heterocycles. The molecule has 1 fully saturated rings. The van der Waals surface area contributed by atoms with E-state index in [1.54, 1.807) is 6.92 Å². The highest BCUT2D eigenvalue weighted by molar-refractivity contribution is 5.39. The van der Waals surface area contributed by atoms with Crippen molar-refractivity contribution in [1.29, 1.82) is 0 Å². The number of ether oxygens (including phenoxy) is 1. The third kappa shape index (κ3) is 2.53. The average molecular weight is 240 g/mol. The van der Waals surface area contributed by atoms with Crippen LogP contribution in [0.5, 0.6) is 6.01 Å². The van der Waals surface area contributed by atoms with Gasteiger partial charge in [0.15, 0.2) is 0 Å². The summed E-state index contributed by atoms with van der Waals surface area (Å²) in [6.45, 7) is 2.95. The summed E-state index contributed by atoms with van der Waals surface area (Å²) in [5, 5.41) is 9.89. The molecular formula is C9H16N6O2. The number of nitrogens with one attached hydrogen (secondary N) is 1. The molecule has 0 aliphatic carbocycles. The molecule has 1 aliphatic rings. The molecule has 0 aromatic carbocycles. The number of hydrogen-bond donors (Lipinski definition) is 3. The van der Waals surface area contributed by atoms with Crippen molar-refractivity contribution in [3.63, 3.8) is 0 Å². The molecule has 0 bridgehead atoms. The fraction of sp³-hybridized carbons (Fsp3) is 0.667. The number of methoxy groups -OCH3 is 1. The summed E-state index contributed by atoms with van der Waals surface area (Å²) in [6.07, 6.45) is 0.673. The first-order chi connectivity index (χ1) is 8.04. The molecule has 1 aliphatic heterocycles. The monoisotopic (exact) mass is 240 g/mol. The van der Waals surface area contributed by atoms with E-state index >= 15 is 0 Å². The first-order valence-corrected chi connectivity index (χ1v) is 5.28. The van der Waals surface area contributed by atoms with Crippen LogP contribution in [0.3, 0.4) is 0 Å².